The topological polar surface area (TPSA) is 0 Å². The van der Waals surface area contributed by atoms with Crippen molar-refractivity contribution in [2.24, 2.45) is 0 Å². The molecule has 0 aliphatic carbocycles. The van der Waals surface area contributed by atoms with Gasteiger partial charge in [0, 0.05) is 0 Å². The van der Waals surface area contributed by atoms with E-state index in [0.717, 1.165) is 0 Å². The Morgan fingerprint density at radius 3 is 2.16 bits per heavy atom. The van der Waals surface area contributed by atoms with Gasteiger partial charge >= 0.3 is 126 Å². The van der Waals surface area contributed by atoms with Crippen LogP contribution in [0.4, 0.5) is 0 Å². The van der Waals surface area contributed by atoms with E-state index < -0.39 is 0 Å². The molecule has 1 aromatic carbocycles. The van der Waals surface area contributed by atoms with Crippen LogP contribution in [-0.2, 0) is 0 Å². The maximum atomic E-state index is 2.38. The third kappa shape index (κ3) is 9.99. The van der Waals surface area contributed by atoms with Crippen molar-refractivity contribution in [3.8, 4) is 0 Å². The van der Waals surface area contributed by atoms with Gasteiger partial charge in [-0.15, -0.1) is 0 Å². The molecule has 1 aromatic rings. The van der Waals surface area contributed by atoms with Crippen LogP contribution in [0, 0.1) is 0 Å². The Bertz CT molecular complexity index is 316. The SMILES string of the molecule is CCCCCCCCCCC=C[Se]c1ccccc1. The summed E-state index contributed by atoms with van der Waals surface area (Å²) in [6.07, 6.45) is 15.0. The van der Waals surface area contributed by atoms with Crippen LogP contribution in [0.25, 0.3) is 0 Å². The molecule has 0 atom stereocenters. The van der Waals surface area contributed by atoms with E-state index in [0.29, 0.717) is 15.0 Å². The van der Waals surface area contributed by atoms with Gasteiger partial charge in [0.1, 0.15) is 0 Å². The van der Waals surface area contributed by atoms with Crippen molar-refractivity contribution in [3.05, 3.63) is 41.4 Å². The van der Waals surface area contributed by atoms with E-state index in [1.165, 1.54) is 62.2 Å². The van der Waals surface area contributed by atoms with Crippen molar-refractivity contribution in [2.45, 2.75) is 64.7 Å². The van der Waals surface area contributed by atoms with Crippen LogP contribution in [0.3, 0.4) is 0 Å². The summed E-state index contributed by atoms with van der Waals surface area (Å²) >= 11 is 0.529. The molecule has 0 N–H and O–H groups in total. The van der Waals surface area contributed by atoms with Gasteiger partial charge < -0.3 is 0 Å². The first-order valence-electron chi connectivity index (χ1n) is 7.80. The fraction of sp³-hybridized carbons (Fsp3) is 0.556. The summed E-state index contributed by atoms with van der Waals surface area (Å²) in [5.41, 5.74) is 0. The molecule has 106 valence electrons. The van der Waals surface area contributed by atoms with Crippen molar-refractivity contribution < 1.29 is 0 Å². The third-order valence-corrected chi connectivity index (χ3v) is 5.10. The minimum atomic E-state index is 0.529. The van der Waals surface area contributed by atoms with Crippen LogP contribution in [0.5, 0.6) is 0 Å². The van der Waals surface area contributed by atoms with Gasteiger partial charge in [0.15, 0.2) is 0 Å². The summed E-state index contributed by atoms with van der Waals surface area (Å²) in [4.78, 5) is 2.38. The normalized spacial score (nSPS) is 11.2. The zero-order chi connectivity index (χ0) is 13.6. The Kier molecular flexibility index (Phi) is 10.9. The number of rotatable bonds is 11. The average Bonchev–Trinajstić information content (AvgIpc) is 2.46. The van der Waals surface area contributed by atoms with Gasteiger partial charge in [-0.3, -0.25) is 0 Å². The molecular formula is C18H28Se. The van der Waals surface area contributed by atoms with Crippen LogP contribution >= 0.6 is 0 Å². The van der Waals surface area contributed by atoms with Gasteiger partial charge in [0.2, 0.25) is 0 Å². The molecule has 0 aromatic heterocycles. The summed E-state index contributed by atoms with van der Waals surface area (Å²) in [6, 6.07) is 10.8. The molecule has 0 saturated heterocycles. The summed E-state index contributed by atoms with van der Waals surface area (Å²) in [5.74, 6) is 0. The summed E-state index contributed by atoms with van der Waals surface area (Å²) in [6.45, 7) is 2.28. The average molecular weight is 323 g/mol. The molecule has 0 bridgehead atoms. The van der Waals surface area contributed by atoms with Crippen molar-refractivity contribution in [1.82, 2.24) is 0 Å². The van der Waals surface area contributed by atoms with E-state index in [1.807, 2.05) is 0 Å². The van der Waals surface area contributed by atoms with E-state index in [9.17, 15) is 0 Å². The van der Waals surface area contributed by atoms with Crippen LogP contribution in [0.1, 0.15) is 64.7 Å². The predicted octanol–water partition coefficient (Wildman–Crippen LogP) is 5.06. The maximum absolute atomic E-state index is 2.38. The summed E-state index contributed by atoms with van der Waals surface area (Å²) in [5, 5.41) is 0. The van der Waals surface area contributed by atoms with Crippen LogP contribution < -0.4 is 4.46 Å². The molecule has 0 aliphatic rings. The van der Waals surface area contributed by atoms with Crippen molar-refractivity contribution >= 4 is 19.4 Å². The number of hydrogen-bond donors (Lipinski definition) is 0. The second-order valence-corrected chi connectivity index (χ2v) is 7.12. The van der Waals surface area contributed by atoms with E-state index in [1.54, 1.807) is 0 Å². The molecule has 0 unspecified atom stereocenters. The molecule has 0 fully saturated rings. The Morgan fingerprint density at radius 1 is 0.842 bits per heavy atom. The van der Waals surface area contributed by atoms with Crippen LogP contribution in [0.15, 0.2) is 41.4 Å². The summed E-state index contributed by atoms with van der Waals surface area (Å²) < 4.78 is 1.47. The molecule has 0 aliphatic heterocycles. The Morgan fingerprint density at radius 2 is 1.47 bits per heavy atom. The molecule has 1 rings (SSSR count). The molecule has 0 saturated carbocycles. The second-order valence-electron chi connectivity index (χ2n) is 5.07. The van der Waals surface area contributed by atoms with E-state index in [-0.39, 0.29) is 0 Å². The quantitative estimate of drug-likeness (QED) is 0.394. The first-order chi connectivity index (χ1) is 9.43. The Labute approximate surface area is 125 Å². The molecule has 0 spiro atoms. The zero-order valence-electron chi connectivity index (χ0n) is 12.3. The van der Waals surface area contributed by atoms with Gasteiger partial charge in [-0.1, -0.05) is 0 Å². The van der Waals surface area contributed by atoms with Crippen molar-refractivity contribution in [1.29, 1.82) is 0 Å². The van der Waals surface area contributed by atoms with Crippen molar-refractivity contribution in [3.63, 3.8) is 0 Å². The van der Waals surface area contributed by atoms with Gasteiger partial charge in [-0.2, -0.15) is 0 Å². The monoisotopic (exact) mass is 324 g/mol. The fourth-order valence-electron chi connectivity index (χ4n) is 2.09. The Hall–Kier alpha value is -0.521. The van der Waals surface area contributed by atoms with Gasteiger partial charge in [-0.25, -0.2) is 0 Å². The third-order valence-electron chi connectivity index (χ3n) is 3.27. The van der Waals surface area contributed by atoms with Crippen LogP contribution in [-0.4, -0.2) is 15.0 Å². The number of hydrogen-bond acceptors (Lipinski definition) is 0. The fourth-order valence-corrected chi connectivity index (χ4v) is 3.57. The number of benzene rings is 1. The molecule has 0 radical (unpaired) electrons. The van der Waals surface area contributed by atoms with E-state index in [4.69, 9.17) is 0 Å². The molecule has 0 heterocycles. The van der Waals surface area contributed by atoms with Crippen LogP contribution in [0.2, 0.25) is 0 Å². The van der Waals surface area contributed by atoms with Crippen molar-refractivity contribution in [2.75, 3.05) is 0 Å². The first kappa shape index (κ1) is 16.5. The van der Waals surface area contributed by atoms with Gasteiger partial charge in [-0.05, 0) is 0 Å². The van der Waals surface area contributed by atoms with Gasteiger partial charge in [0.05, 0.1) is 0 Å². The molecule has 0 nitrogen and oxygen atoms in total. The molecule has 1 heteroatoms. The molecular weight excluding hydrogens is 295 g/mol. The summed E-state index contributed by atoms with van der Waals surface area (Å²) in [7, 11) is 0. The molecule has 19 heavy (non-hydrogen) atoms. The first-order valence-corrected chi connectivity index (χ1v) is 9.64. The van der Waals surface area contributed by atoms with Gasteiger partial charge in [0.25, 0.3) is 0 Å². The number of allylic oxidation sites excluding steroid dienone is 1. The van der Waals surface area contributed by atoms with E-state index in [2.05, 4.69) is 48.3 Å². The number of unbranched alkanes of at least 4 members (excludes halogenated alkanes) is 8. The second kappa shape index (κ2) is 12.5. The predicted molar refractivity (Wildman–Crippen MR) is 88.2 cm³/mol. The standard InChI is InChI=1S/C18H28Se/c1-2-3-4-5-6-7-8-9-10-14-17-19-18-15-12-11-13-16-18/h11-17H,2-10H2,1H3. The minimum absolute atomic E-state index is 0.529. The zero-order valence-corrected chi connectivity index (χ0v) is 14.0. The van der Waals surface area contributed by atoms with E-state index >= 15 is 0 Å². The Balaban J connectivity index is 1.88. The molecule has 0 amide bonds.